The average Bonchev–Trinajstić information content (AvgIpc) is 2.17. The Morgan fingerprint density at radius 1 is 1.07 bits per heavy atom. The van der Waals surface area contributed by atoms with Gasteiger partial charge in [-0.1, -0.05) is 36.4 Å². The van der Waals surface area contributed by atoms with E-state index in [0.717, 1.165) is 10.8 Å². The molecule has 2 aromatic rings. The molecule has 0 fully saturated rings. The Balaban J connectivity index is 2.67. The van der Waals surface area contributed by atoms with Crippen molar-refractivity contribution in [1.82, 2.24) is 0 Å². The first-order valence-corrected chi connectivity index (χ1v) is 4.54. The van der Waals surface area contributed by atoms with E-state index in [-0.39, 0.29) is 0 Å². The molecule has 0 aromatic heterocycles. The third-order valence-electron chi connectivity index (χ3n) is 2.42. The normalized spacial score (nSPS) is 10.5. The summed E-state index contributed by atoms with van der Waals surface area (Å²) in [4.78, 5) is 0. The SMILES string of the molecule is Cc1cccc2cc(B(O)O)ccc12. The van der Waals surface area contributed by atoms with Gasteiger partial charge in [0.15, 0.2) is 0 Å². The highest BCUT2D eigenvalue weighted by atomic mass is 16.4. The monoisotopic (exact) mass is 186 g/mol. The van der Waals surface area contributed by atoms with Crippen molar-refractivity contribution in [2.24, 2.45) is 0 Å². The van der Waals surface area contributed by atoms with Crippen molar-refractivity contribution in [3.05, 3.63) is 42.0 Å². The molecule has 2 nitrogen and oxygen atoms in total. The van der Waals surface area contributed by atoms with Crippen LogP contribution in [0.1, 0.15) is 5.56 Å². The summed E-state index contributed by atoms with van der Waals surface area (Å²) in [6.07, 6.45) is 0. The van der Waals surface area contributed by atoms with Crippen molar-refractivity contribution < 1.29 is 10.0 Å². The fourth-order valence-corrected chi connectivity index (χ4v) is 1.62. The molecular weight excluding hydrogens is 175 g/mol. The van der Waals surface area contributed by atoms with Crippen molar-refractivity contribution in [3.8, 4) is 0 Å². The lowest BCUT2D eigenvalue weighted by molar-refractivity contribution is 0.426. The van der Waals surface area contributed by atoms with E-state index >= 15 is 0 Å². The van der Waals surface area contributed by atoms with Gasteiger partial charge in [-0.25, -0.2) is 0 Å². The standard InChI is InChI=1S/C11H11BO2/c1-8-3-2-4-9-7-10(12(13)14)5-6-11(8)9/h2-7,13-14H,1H3. The van der Waals surface area contributed by atoms with E-state index in [2.05, 4.69) is 0 Å². The van der Waals surface area contributed by atoms with Crippen molar-refractivity contribution >= 4 is 23.4 Å². The maximum absolute atomic E-state index is 9.01. The fourth-order valence-electron chi connectivity index (χ4n) is 1.62. The van der Waals surface area contributed by atoms with Gasteiger partial charge in [-0.15, -0.1) is 0 Å². The summed E-state index contributed by atoms with van der Waals surface area (Å²) in [5, 5.41) is 20.2. The van der Waals surface area contributed by atoms with Gasteiger partial charge in [-0.05, 0) is 28.7 Å². The van der Waals surface area contributed by atoms with Crippen molar-refractivity contribution in [1.29, 1.82) is 0 Å². The van der Waals surface area contributed by atoms with Gasteiger partial charge in [0.1, 0.15) is 0 Å². The Hall–Kier alpha value is -1.32. The van der Waals surface area contributed by atoms with Crippen LogP contribution < -0.4 is 5.46 Å². The zero-order valence-electron chi connectivity index (χ0n) is 7.94. The third-order valence-corrected chi connectivity index (χ3v) is 2.42. The molecule has 2 rings (SSSR count). The Morgan fingerprint density at radius 2 is 1.86 bits per heavy atom. The predicted molar refractivity (Wildman–Crippen MR) is 58.5 cm³/mol. The van der Waals surface area contributed by atoms with Gasteiger partial charge >= 0.3 is 7.12 Å². The van der Waals surface area contributed by atoms with Crippen molar-refractivity contribution in [2.45, 2.75) is 6.92 Å². The second-order valence-corrected chi connectivity index (χ2v) is 3.43. The zero-order chi connectivity index (χ0) is 10.1. The van der Waals surface area contributed by atoms with Crippen LogP contribution in [0.3, 0.4) is 0 Å². The molecule has 14 heavy (non-hydrogen) atoms. The van der Waals surface area contributed by atoms with Gasteiger partial charge in [0.25, 0.3) is 0 Å². The van der Waals surface area contributed by atoms with E-state index in [1.54, 1.807) is 12.1 Å². The maximum Gasteiger partial charge on any atom is 0.488 e. The van der Waals surface area contributed by atoms with E-state index in [0.29, 0.717) is 5.46 Å². The van der Waals surface area contributed by atoms with Gasteiger partial charge in [0.2, 0.25) is 0 Å². The van der Waals surface area contributed by atoms with Crippen LogP contribution in [0, 0.1) is 6.92 Å². The molecule has 2 aromatic carbocycles. The minimum absolute atomic E-state index is 0.531. The highest BCUT2D eigenvalue weighted by Crippen LogP contribution is 2.16. The maximum atomic E-state index is 9.01. The molecule has 0 unspecified atom stereocenters. The molecule has 0 amide bonds. The van der Waals surface area contributed by atoms with E-state index in [1.165, 1.54) is 5.56 Å². The number of fused-ring (bicyclic) bond motifs is 1. The van der Waals surface area contributed by atoms with Gasteiger partial charge in [-0.2, -0.15) is 0 Å². The first-order valence-electron chi connectivity index (χ1n) is 4.54. The quantitative estimate of drug-likeness (QED) is 0.647. The predicted octanol–water partition coefficient (Wildman–Crippen LogP) is 0.828. The van der Waals surface area contributed by atoms with Gasteiger partial charge < -0.3 is 10.0 Å². The number of aryl methyl sites for hydroxylation is 1. The van der Waals surface area contributed by atoms with Crippen LogP contribution in [0.15, 0.2) is 36.4 Å². The molecule has 0 spiro atoms. The summed E-state index contributed by atoms with van der Waals surface area (Å²) in [5.74, 6) is 0. The van der Waals surface area contributed by atoms with Crippen LogP contribution in [0.25, 0.3) is 10.8 Å². The number of benzene rings is 2. The molecule has 2 N–H and O–H groups in total. The highest BCUT2D eigenvalue weighted by Gasteiger charge is 2.10. The van der Waals surface area contributed by atoms with Crippen molar-refractivity contribution in [3.63, 3.8) is 0 Å². The Labute approximate surface area is 83.0 Å². The smallest absolute Gasteiger partial charge is 0.423 e. The second kappa shape index (κ2) is 3.44. The summed E-state index contributed by atoms with van der Waals surface area (Å²) in [6, 6.07) is 11.4. The Kier molecular flexibility index (Phi) is 2.27. The molecule has 0 atom stereocenters. The summed E-state index contributed by atoms with van der Waals surface area (Å²) >= 11 is 0. The molecule has 0 saturated heterocycles. The Bertz CT molecular complexity index is 466. The number of rotatable bonds is 1. The van der Waals surface area contributed by atoms with Crippen LogP contribution in [0.2, 0.25) is 0 Å². The summed E-state index contributed by atoms with van der Waals surface area (Å²) in [5.41, 5.74) is 1.73. The molecular formula is C11H11BO2. The molecule has 0 heterocycles. The number of hydrogen-bond acceptors (Lipinski definition) is 2. The number of hydrogen-bond donors (Lipinski definition) is 2. The largest absolute Gasteiger partial charge is 0.488 e. The fraction of sp³-hybridized carbons (Fsp3) is 0.0909. The third kappa shape index (κ3) is 1.52. The molecule has 3 heteroatoms. The molecule has 70 valence electrons. The van der Waals surface area contributed by atoms with Crippen molar-refractivity contribution in [2.75, 3.05) is 0 Å². The van der Waals surface area contributed by atoms with Crippen LogP contribution in [0.4, 0.5) is 0 Å². The molecule has 0 radical (unpaired) electrons. The van der Waals surface area contributed by atoms with Gasteiger partial charge in [-0.3, -0.25) is 0 Å². The van der Waals surface area contributed by atoms with E-state index < -0.39 is 7.12 Å². The van der Waals surface area contributed by atoms with Crippen LogP contribution in [0.5, 0.6) is 0 Å². The van der Waals surface area contributed by atoms with E-state index in [4.69, 9.17) is 10.0 Å². The van der Waals surface area contributed by atoms with Crippen LogP contribution >= 0.6 is 0 Å². The zero-order valence-corrected chi connectivity index (χ0v) is 7.94. The van der Waals surface area contributed by atoms with Gasteiger partial charge in [0.05, 0.1) is 0 Å². The minimum Gasteiger partial charge on any atom is -0.423 e. The lowest BCUT2D eigenvalue weighted by Gasteiger charge is -2.04. The van der Waals surface area contributed by atoms with E-state index in [9.17, 15) is 0 Å². The topological polar surface area (TPSA) is 40.5 Å². The molecule has 0 aliphatic carbocycles. The summed E-state index contributed by atoms with van der Waals surface area (Å²) < 4.78 is 0. The van der Waals surface area contributed by atoms with E-state index in [1.807, 2.05) is 31.2 Å². The molecule has 0 bridgehead atoms. The van der Waals surface area contributed by atoms with Crippen LogP contribution in [-0.2, 0) is 0 Å². The second-order valence-electron chi connectivity index (χ2n) is 3.43. The lowest BCUT2D eigenvalue weighted by Crippen LogP contribution is -2.29. The molecule has 0 aliphatic rings. The first-order chi connectivity index (χ1) is 6.68. The summed E-state index contributed by atoms with van der Waals surface area (Å²) in [6.45, 7) is 2.04. The highest BCUT2D eigenvalue weighted by molar-refractivity contribution is 6.58. The Morgan fingerprint density at radius 3 is 2.57 bits per heavy atom. The lowest BCUT2D eigenvalue weighted by atomic mass is 9.79. The molecule has 0 aliphatic heterocycles. The minimum atomic E-state index is -1.39. The summed E-state index contributed by atoms with van der Waals surface area (Å²) in [7, 11) is -1.39. The first kappa shape index (κ1) is 9.25. The molecule has 0 saturated carbocycles. The average molecular weight is 186 g/mol. The van der Waals surface area contributed by atoms with Crippen LogP contribution in [-0.4, -0.2) is 17.2 Å². The van der Waals surface area contributed by atoms with Gasteiger partial charge in [0, 0.05) is 0 Å².